The van der Waals surface area contributed by atoms with Crippen LogP contribution in [0.15, 0.2) is 54.6 Å². The Morgan fingerprint density at radius 3 is 2.29 bits per heavy atom. The summed E-state index contributed by atoms with van der Waals surface area (Å²) in [6.07, 6.45) is 6.46. The minimum Gasteiger partial charge on any atom is -0.493 e. The molecule has 4 aliphatic rings. The van der Waals surface area contributed by atoms with Crippen LogP contribution in [0.1, 0.15) is 95.7 Å². The number of nitrogens with one attached hydrogen (secondary N) is 1. The van der Waals surface area contributed by atoms with Gasteiger partial charge in [-0.25, -0.2) is 0 Å². The number of unbranched alkanes of at least 4 members (excludes halogenated alkanes) is 3. The van der Waals surface area contributed by atoms with E-state index in [0.717, 1.165) is 102 Å². The molecule has 1 unspecified atom stereocenters. The second-order valence-electron chi connectivity index (χ2n) is 15.8. The molecule has 7 rings (SSSR count). The van der Waals surface area contributed by atoms with E-state index in [0.29, 0.717) is 18.4 Å². The quantitative estimate of drug-likeness (QED) is 0.144. The van der Waals surface area contributed by atoms with Gasteiger partial charge in [-0.3, -0.25) is 34.3 Å². The number of hydrogen-bond acceptors (Lipinski definition) is 9. The molecule has 0 aliphatic carbocycles. The molecule has 3 aromatic rings. The molecule has 3 aromatic carbocycles. The molecule has 56 heavy (non-hydrogen) atoms. The predicted octanol–water partition coefficient (Wildman–Crippen LogP) is 6.13. The van der Waals surface area contributed by atoms with E-state index in [1.54, 1.807) is 18.2 Å². The van der Waals surface area contributed by atoms with Crippen molar-refractivity contribution in [3.05, 3.63) is 82.4 Å². The number of piperazine rings is 1. The van der Waals surface area contributed by atoms with Gasteiger partial charge in [0.2, 0.25) is 11.8 Å². The van der Waals surface area contributed by atoms with Gasteiger partial charge in [0.15, 0.2) is 0 Å². The van der Waals surface area contributed by atoms with Crippen LogP contribution < -0.4 is 15.0 Å². The number of imide groups is 2. The summed E-state index contributed by atoms with van der Waals surface area (Å²) in [7, 11) is 0. The fourth-order valence-electron chi connectivity index (χ4n) is 8.74. The summed E-state index contributed by atoms with van der Waals surface area (Å²) in [6.45, 7) is 16.3. The molecule has 11 heteroatoms. The zero-order valence-electron chi connectivity index (χ0n) is 33.3. The molecule has 0 spiro atoms. The Kier molecular flexibility index (Phi) is 12.8. The highest BCUT2D eigenvalue weighted by Crippen LogP contribution is 2.35. The molecule has 3 saturated heterocycles. The zero-order valence-corrected chi connectivity index (χ0v) is 33.3. The fraction of sp³-hybridized carbons (Fsp3) is 0.511. The van der Waals surface area contributed by atoms with Crippen molar-refractivity contribution in [2.45, 2.75) is 90.8 Å². The average Bonchev–Trinajstić information content (AvgIpc) is 3.46. The van der Waals surface area contributed by atoms with E-state index in [1.807, 2.05) is 0 Å². The summed E-state index contributed by atoms with van der Waals surface area (Å²) in [5, 5.41) is 2.23. The third kappa shape index (κ3) is 8.85. The molecule has 0 radical (unpaired) electrons. The van der Waals surface area contributed by atoms with Crippen molar-refractivity contribution in [1.82, 2.24) is 20.0 Å². The number of benzene rings is 3. The Morgan fingerprint density at radius 1 is 0.821 bits per heavy atom. The predicted molar refractivity (Wildman–Crippen MR) is 217 cm³/mol. The standard InChI is InChI=1S/C45H57N5O6/c1-4-49(36-18-26-55-27-19-36)39-29-35(28-31(2)32(39)3)34-14-12-33(13-15-34)30-48-23-21-47(22-24-48)20-7-5-6-8-25-56-40-11-9-10-37-42(40)45(54)50(44(37)53)38-16-17-41(51)46-43(38)52/h9-15,28-29,36,38H,4-8,16-27,30H2,1-3H3,(H,46,51,52). The normalized spacial score (nSPS) is 19.7. The minimum absolute atomic E-state index is 0.0884. The van der Waals surface area contributed by atoms with Gasteiger partial charge in [0.1, 0.15) is 11.8 Å². The molecule has 0 saturated carbocycles. The van der Waals surface area contributed by atoms with Gasteiger partial charge in [-0.1, -0.05) is 49.2 Å². The van der Waals surface area contributed by atoms with E-state index in [9.17, 15) is 19.2 Å². The van der Waals surface area contributed by atoms with Crippen molar-refractivity contribution in [3.63, 3.8) is 0 Å². The number of hydrogen-bond donors (Lipinski definition) is 1. The first-order valence-electron chi connectivity index (χ1n) is 20.7. The Balaban J connectivity index is 0.812. The highest BCUT2D eigenvalue weighted by molar-refractivity contribution is 6.24. The summed E-state index contributed by atoms with van der Waals surface area (Å²) in [6, 6.07) is 18.4. The van der Waals surface area contributed by atoms with E-state index < -0.39 is 29.7 Å². The number of fused-ring (bicyclic) bond motifs is 1. The molecule has 4 amide bonds. The average molecular weight is 764 g/mol. The van der Waals surface area contributed by atoms with Crippen LogP contribution in [0.2, 0.25) is 0 Å². The molecule has 4 aliphatic heterocycles. The Labute approximate surface area is 331 Å². The van der Waals surface area contributed by atoms with Crippen LogP contribution in [0.25, 0.3) is 11.1 Å². The Hall–Kier alpha value is -4.58. The van der Waals surface area contributed by atoms with Crippen LogP contribution in [0, 0.1) is 13.8 Å². The van der Waals surface area contributed by atoms with Crippen molar-refractivity contribution in [2.24, 2.45) is 0 Å². The van der Waals surface area contributed by atoms with E-state index >= 15 is 0 Å². The van der Waals surface area contributed by atoms with Crippen molar-refractivity contribution in [3.8, 4) is 16.9 Å². The second kappa shape index (κ2) is 18.1. The number of piperidine rings is 1. The monoisotopic (exact) mass is 763 g/mol. The van der Waals surface area contributed by atoms with Crippen LogP contribution in [0.5, 0.6) is 5.75 Å². The maximum absolute atomic E-state index is 13.3. The smallest absolute Gasteiger partial charge is 0.266 e. The van der Waals surface area contributed by atoms with Gasteiger partial charge in [-0.05, 0) is 105 Å². The third-order valence-corrected chi connectivity index (χ3v) is 12.1. The van der Waals surface area contributed by atoms with Gasteiger partial charge in [0.05, 0.1) is 17.7 Å². The first-order valence-corrected chi connectivity index (χ1v) is 20.7. The van der Waals surface area contributed by atoms with Gasteiger partial charge in [-0.15, -0.1) is 0 Å². The highest BCUT2D eigenvalue weighted by atomic mass is 16.5. The lowest BCUT2D eigenvalue weighted by Crippen LogP contribution is -2.54. The number of aryl methyl sites for hydroxylation is 1. The number of ether oxygens (including phenoxy) is 2. The number of carbonyl (C=O) groups excluding carboxylic acids is 4. The Morgan fingerprint density at radius 2 is 1.55 bits per heavy atom. The Bertz CT molecular complexity index is 1900. The summed E-state index contributed by atoms with van der Waals surface area (Å²) in [4.78, 5) is 59.1. The number of carbonyl (C=O) groups is 4. The SMILES string of the molecule is CCN(c1cc(-c2ccc(CN3CCN(CCCCCCOc4cccc5c4C(=O)N(C4CCC(=O)NC4=O)C5=O)CC3)cc2)cc(C)c1C)C1CCOCC1. The maximum Gasteiger partial charge on any atom is 0.266 e. The number of nitrogens with zero attached hydrogens (tertiary/aromatic N) is 4. The molecule has 3 fully saturated rings. The van der Waals surface area contributed by atoms with Crippen LogP contribution >= 0.6 is 0 Å². The highest BCUT2D eigenvalue weighted by Gasteiger charge is 2.46. The molecular formula is C45H57N5O6. The molecule has 0 aromatic heterocycles. The first kappa shape index (κ1) is 39.6. The van der Waals surface area contributed by atoms with Crippen molar-refractivity contribution in [1.29, 1.82) is 0 Å². The third-order valence-electron chi connectivity index (χ3n) is 12.1. The summed E-state index contributed by atoms with van der Waals surface area (Å²) in [5.41, 5.74) is 8.42. The zero-order chi connectivity index (χ0) is 39.2. The van der Waals surface area contributed by atoms with Crippen LogP contribution in [-0.4, -0.2) is 110 Å². The maximum atomic E-state index is 13.3. The van der Waals surface area contributed by atoms with Gasteiger partial charge in [0.25, 0.3) is 11.8 Å². The molecule has 298 valence electrons. The van der Waals surface area contributed by atoms with Gasteiger partial charge >= 0.3 is 0 Å². The van der Waals surface area contributed by atoms with Crippen molar-refractivity contribution in [2.75, 3.05) is 64.0 Å². The van der Waals surface area contributed by atoms with Gasteiger partial charge in [0, 0.05) is 70.6 Å². The lowest BCUT2D eigenvalue weighted by Gasteiger charge is -2.37. The van der Waals surface area contributed by atoms with Crippen LogP contribution in [0.4, 0.5) is 5.69 Å². The molecule has 11 nitrogen and oxygen atoms in total. The van der Waals surface area contributed by atoms with E-state index in [-0.39, 0.29) is 24.0 Å². The van der Waals surface area contributed by atoms with Crippen molar-refractivity contribution >= 4 is 29.3 Å². The molecule has 1 atom stereocenters. The number of anilines is 1. The van der Waals surface area contributed by atoms with E-state index in [4.69, 9.17) is 9.47 Å². The lowest BCUT2D eigenvalue weighted by atomic mass is 9.96. The number of amides is 4. The minimum atomic E-state index is -0.989. The van der Waals surface area contributed by atoms with E-state index in [1.165, 1.54) is 33.5 Å². The van der Waals surface area contributed by atoms with Gasteiger partial charge < -0.3 is 19.3 Å². The fourth-order valence-corrected chi connectivity index (χ4v) is 8.74. The van der Waals surface area contributed by atoms with Crippen molar-refractivity contribution < 1.29 is 28.7 Å². The van der Waals surface area contributed by atoms with E-state index in [2.05, 4.69) is 77.2 Å². The number of rotatable bonds is 15. The lowest BCUT2D eigenvalue weighted by molar-refractivity contribution is -0.136. The second-order valence-corrected chi connectivity index (χ2v) is 15.8. The molecule has 0 bridgehead atoms. The topological polar surface area (TPSA) is 112 Å². The van der Waals surface area contributed by atoms with Crippen LogP contribution in [0.3, 0.4) is 0 Å². The summed E-state index contributed by atoms with van der Waals surface area (Å²) in [5.74, 6) is -1.71. The molecule has 1 N–H and O–H groups in total. The molecular weight excluding hydrogens is 707 g/mol. The molecule has 4 heterocycles. The first-order chi connectivity index (χ1) is 27.2. The summed E-state index contributed by atoms with van der Waals surface area (Å²) >= 11 is 0. The van der Waals surface area contributed by atoms with Gasteiger partial charge in [-0.2, -0.15) is 0 Å². The summed E-state index contributed by atoms with van der Waals surface area (Å²) < 4.78 is 11.7. The van der Waals surface area contributed by atoms with Crippen LogP contribution in [-0.2, 0) is 20.9 Å². The largest absolute Gasteiger partial charge is 0.493 e.